The van der Waals surface area contributed by atoms with E-state index >= 15 is 0 Å². The third-order valence-corrected chi connectivity index (χ3v) is 9.47. The first-order valence-electron chi connectivity index (χ1n) is 14.4. The van der Waals surface area contributed by atoms with E-state index in [1.165, 1.54) is 38.8 Å². The summed E-state index contributed by atoms with van der Waals surface area (Å²) in [7, 11) is 1.71. The number of methoxy groups -OCH3 is 1. The molecule has 42 heavy (non-hydrogen) atoms. The first kappa shape index (κ1) is 27.2. The lowest BCUT2D eigenvalue weighted by molar-refractivity contribution is -0.0286. The van der Waals surface area contributed by atoms with Crippen LogP contribution in [0.25, 0.3) is 27.5 Å². The fourth-order valence-electron chi connectivity index (χ4n) is 7.10. The van der Waals surface area contributed by atoms with Crippen LogP contribution in [0.4, 0.5) is 0 Å². The van der Waals surface area contributed by atoms with Crippen molar-refractivity contribution in [2.45, 2.75) is 31.3 Å². The Kier molecular flexibility index (Phi) is 6.65. The maximum Gasteiger partial charge on any atom is 0.135 e. The number of hydrogen-bond acceptors (Lipinski definition) is 4. The molecule has 1 atom stereocenters. The molecule has 5 heteroatoms. The first-order chi connectivity index (χ1) is 20.4. The molecule has 212 valence electrons. The van der Waals surface area contributed by atoms with Gasteiger partial charge in [0.15, 0.2) is 0 Å². The molecule has 0 saturated heterocycles. The summed E-state index contributed by atoms with van der Waals surface area (Å²) in [5.41, 5.74) is 8.71. The number of hydrogen-bond donors (Lipinski definition) is 1. The molecule has 0 aromatic heterocycles. The van der Waals surface area contributed by atoms with E-state index in [2.05, 4.69) is 96.5 Å². The molecule has 1 aliphatic heterocycles. The zero-order valence-corrected chi connectivity index (χ0v) is 25.6. The van der Waals surface area contributed by atoms with Crippen LogP contribution < -0.4 is 9.47 Å². The predicted octanol–water partition coefficient (Wildman–Crippen LogP) is 8.48. The molecule has 0 amide bonds. The number of halogens is 1. The Morgan fingerprint density at radius 3 is 2.60 bits per heavy atom. The van der Waals surface area contributed by atoms with Crippen molar-refractivity contribution in [3.8, 4) is 22.6 Å². The first-order valence-corrected chi connectivity index (χ1v) is 15.2. The van der Waals surface area contributed by atoms with Crippen molar-refractivity contribution in [2.24, 2.45) is 0 Å². The van der Waals surface area contributed by atoms with Gasteiger partial charge in [0.1, 0.15) is 23.7 Å². The van der Waals surface area contributed by atoms with Crippen LogP contribution in [0.5, 0.6) is 11.5 Å². The molecule has 1 unspecified atom stereocenters. The molecule has 4 aromatic carbocycles. The number of ether oxygens (including phenoxy) is 3. The van der Waals surface area contributed by atoms with Crippen molar-refractivity contribution in [1.29, 1.82) is 0 Å². The van der Waals surface area contributed by atoms with Gasteiger partial charge in [0.25, 0.3) is 0 Å². The fraction of sp³-hybridized carbons (Fsp3) is 0.243. The molecule has 3 aliphatic rings. The van der Waals surface area contributed by atoms with Crippen LogP contribution in [0.1, 0.15) is 42.5 Å². The number of aliphatic hydroxyl groups is 1. The highest BCUT2D eigenvalue weighted by Gasteiger charge is 2.43. The summed E-state index contributed by atoms with van der Waals surface area (Å²) in [4.78, 5) is 0. The van der Waals surface area contributed by atoms with Gasteiger partial charge in [-0.1, -0.05) is 78.3 Å². The minimum Gasteiger partial charge on any atom is -0.497 e. The Morgan fingerprint density at radius 2 is 1.81 bits per heavy atom. The van der Waals surface area contributed by atoms with E-state index in [0.29, 0.717) is 13.0 Å². The molecule has 0 radical (unpaired) electrons. The average molecular weight is 622 g/mol. The molecule has 1 heterocycles. The summed E-state index contributed by atoms with van der Waals surface area (Å²) in [6, 6.07) is 23.3. The zero-order valence-electron chi connectivity index (χ0n) is 24.0. The summed E-state index contributed by atoms with van der Waals surface area (Å²) < 4.78 is 19.8. The molecule has 1 N–H and O–H groups in total. The van der Waals surface area contributed by atoms with Crippen LogP contribution >= 0.6 is 15.9 Å². The second kappa shape index (κ2) is 10.3. The summed E-state index contributed by atoms with van der Waals surface area (Å²) in [6.07, 6.45) is 9.28. The van der Waals surface area contributed by atoms with Gasteiger partial charge in [-0.25, -0.2) is 0 Å². The highest BCUT2D eigenvalue weighted by atomic mass is 79.9. The van der Waals surface area contributed by atoms with Crippen LogP contribution in [0, 0.1) is 0 Å². The molecular weight excluding hydrogens is 588 g/mol. The maximum absolute atomic E-state index is 9.71. The average Bonchev–Trinajstić information content (AvgIpc) is 3.26. The summed E-state index contributed by atoms with van der Waals surface area (Å²) in [5.74, 6) is 1.70. The van der Waals surface area contributed by atoms with Crippen LogP contribution in [-0.4, -0.2) is 32.0 Å². The van der Waals surface area contributed by atoms with Crippen molar-refractivity contribution < 1.29 is 19.3 Å². The van der Waals surface area contributed by atoms with Gasteiger partial charge in [-0.2, -0.15) is 0 Å². The zero-order chi connectivity index (χ0) is 29.1. The van der Waals surface area contributed by atoms with Crippen LogP contribution in [0.2, 0.25) is 0 Å². The molecule has 0 bridgehead atoms. The second-order valence-electron chi connectivity index (χ2n) is 11.7. The van der Waals surface area contributed by atoms with Gasteiger partial charge < -0.3 is 19.3 Å². The Balaban J connectivity index is 1.47. The van der Waals surface area contributed by atoms with Gasteiger partial charge in [0.05, 0.1) is 20.3 Å². The standard InChI is InChI=1S/C37H33BrO4/c1-36(2)31-20-25(38)11-13-29(31)32-28-14-12-26(40-3)21-30(28)35-33(34(32)36)27(15-18-41-35)23-8-7-16-37(22-23,42-19-17-39)24-9-5-4-6-10-24/h4-16,20-21,39H,17-19,22H2,1-3H3. The van der Waals surface area contributed by atoms with Gasteiger partial charge >= 0.3 is 0 Å². The molecule has 0 saturated carbocycles. The number of aliphatic hydroxyl groups excluding tert-OH is 1. The SMILES string of the molecule is COc1ccc2c3c(c4c(c2c1)OCC=C4C1=CC=CC(OCCO)(c2ccccc2)C1)C(C)(C)c1cc(Br)ccc1-3. The number of fused-ring (bicyclic) bond motifs is 8. The quantitative estimate of drug-likeness (QED) is 0.235. The van der Waals surface area contributed by atoms with E-state index in [1.807, 2.05) is 24.3 Å². The Hall–Kier alpha value is -3.64. The smallest absolute Gasteiger partial charge is 0.135 e. The number of rotatable bonds is 6. The summed E-state index contributed by atoms with van der Waals surface area (Å²) in [5, 5.41) is 11.9. The lowest BCUT2D eigenvalue weighted by atomic mass is 9.73. The molecule has 7 rings (SSSR count). The van der Waals surface area contributed by atoms with Crippen molar-refractivity contribution in [3.05, 3.63) is 123 Å². The van der Waals surface area contributed by atoms with Gasteiger partial charge in [0.2, 0.25) is 0 Å². The largest absolute Gasteiger partial charge is 0.497 e. The van der Waals surface area contributed by atoms with Crippen LogP contribution in [-0.2, 0) is 15.8 Å². The third-order valence-electron chi connectivity index (χ3n) is 8.98. The molecule has 0 fully saturated rings. The number of benzene rings is 4. The lowest BCUT2D eigenvalue weighted by Gasteiger charge is -2.37. The van der Waals surface area contributed by atoms with Crippen molar-refractivity contribution in [2.75, 3.05) is 26.9 Å². The maximum atomic E-state index is 9.71. The minimum absolute atomic E-state index is 0.0375. The van der Waals surface area contributed by atoms with Crippen molar-refractivity contribution in [3.63, 3.8) is 0 Å². The summed E-state index contributed by atoms with van der Waals surface area (Å²) >= 11 is 3.73. The monoisotopic (exact) mass is 620 g/mol. The minimum atomic E-state index is -0.681. The lowest BCUT2D eigenvalue weighted by Crippen LogP contribution is -2.31. The van der Waals surface area contributed by atoms with Gasteiger partial charge in [-0.15, -0.1) is 0 Å². The highest BCUT2D eigenvalue weighted by molar-refractivity contribution is 9.10. The van der Waals surface area contributed by atoms with E-state index in [9.17, 15) is 5.11 Å². The molecule has 2 aliphatic carbocycles. The van der Waals surface area contributed by atoms with Crippen molar-refractivity contribution >= 4 is 32.3 Å². The van der Waals surface area contributed by atoms with E-state index in [1.54, 1.807) is 7.11 Å². The molecular formula is C37H33BrO4. The Labute approximate surface area is 255 Å². The molecule has 4 nitrogen and oxygen atoms in total. The third kappa shape index (κ3) is 4.10. The predicted molar refractivity (Wildman–Crippen MR) is 172 cm³/mol. The topological polar surface area (TPSA) is 47.9 Å². The van der Waals surface area contributed by atoms with Crippen LogP contribution in [0.3, 0.4) is 0 Å². The fourth-order valence-corrected chi connectivity index (χ4v) is 7.46. The summed E-state index contributed by atoms with van der Waals surface area (Å²) in [6.45, 7) is 5.33. The van der Waals surface area contributed by atoms with E-state index in [-0.39, 0.29) is 18.6 Å². The van der Waals surface area contributed by atoms with Gasteiger partial charge in [-0.05, 0) is 86.8 Å². The van der Waals surface area contributed by atoms with Crippen LogP contribution in [0.15, 0.2) is 101 Å². The van der Waals surface area contributed by atoms with Gasteiger partial charge in [0, 0.05) is 27.3 Å². The van der Waals surface area contributed by atoms with E-state index in [4.69, 9.17) is 14.2 Å². The highest BCUT2D eigenvalue weighted by Crippen LogP contribution is 2.59. The van der Waals surface area contributed by atoms with Gasteiger partial charge in [-0.3, -0.25) is 0 Å². The Morgan fingerprint density at radius 1 is 0.976 bits per heavy atom. The number of allylic oxidation sites excluding steroid dienone is 3. The molecule has 0 spiro atoms. The van der Waals surface area contributed by atoms with E-state index < -0.39 is 5.60 Å². The van der Waals surface area contributed by atoms with Crippen molar-refractivity contribution in [1.82, 2.24) is 0 Å². The molecule has 4 aromatic rings. The van der Waals surface area contributed by atoms with E-state index in [0.717, 1.165) is 32.5 Å². The Bertz CT molecular complexity index is 1820. The second-order valence-corrected chi connectivity index (χ2v) is 12.6. The normalized spacial score (nSPS) is 19.8.